The summed E-state index contributed by atoms with van der Waals surface area (Å²) in [5.41, 5.74) is 0. The highest BCUT2D eigenvalue weighted by atomic mass is 17.0. The van der Waals surface area contributed by atoms with Crippen LogP contribution in [0.2, 0.25) is 0 Å². The van der Waals surface area contributed by atoms with Crippen molar-refractivity contribution in [2.75, 3.05) is 19.8 Å². The van der Waals surface area contributed by atoms with Crippen LogP contribution < -0.4 is 0 Å². The van der Waals surface area contributed by atoms with Crippen LogP contribution >= 0.6 is 0 Å². The molecule has 0 spiro atoms. The molecule has 0 aromatic carbocycles. The lowest BCUT2D eigenvalue weighted by molar-refractivity contribution is -0.790. The van der Waals surface area contributed by atoms with Crippen LogP contribution in [0.15, 0.2) is 0 Å². The third-order valence-electron chi connectivity index (χ3n) is 3.77. The zero-order valence-electron chi connectivity index (χ0n) is 13.1. The summed E-state index contributed by atoms with van der Waals surface area (Å²) in [5.74, 6) is -0.575. The van der Waals surface area contributed by atoms with Crippen LogP contribution in [0.3, 0.4) is 0 Å². The molecule has 13 heteroatoms. The highest BCUT2D eigenvalue weighted by Crippen LogP contribution is 2.29. The predicted octanol–water partition coefficient (Wildman–Crippen LogP) is -0.988. The molecule has 2 heterocycles. The van der Waals surface area contributed by atoms with E-state index in [1.54, 1.807) is 0 Å². The van der Waals surface area contributed by atoms with E-state index in [2.05, 4.69) is 9.68 Å². The van der Waals surface area contributed by atoms with Crippen molar-refractivity contribution in [3.8, 4) is 0 Å². The Labute approximate surface area is 140 Å². The van der Waals surface area contributed by atoms with E-state index >= 15 is 0 Å². The second-order valence-electron chi connectivity index (χ2n) is 5.55. The van der Waals surface area contributed by atoms with E-state index in [1.807, 2.05) is 0 Å². The number of rotatable bonds is 10. The molecule has 0 aliphatic carbocycles. The first kappa shape index (κ1) is 19.1. The molecule has 0 saturated carbocycles. The number of nitrogens with zero attached hydrogens (tertiary/aromatic N) is 2. The van der Waals surface area contributed by atoms with Gasteiger partial charge in [-0.05, 0) is 12.8 Å². The summed E-state index contributed by atoms with van der Waals surface area (Å²) < 4.78 is 15.9. The van der Waals surface area contributed by atoms with E-state index in [1.165, 1.54) is 0 Å². The molecule has 25 heavy (non-hydrogen) atoms. The van der Waals surface area contributed by atoms with Gasteiger partial charge in [0.25, 0.3) is 10.2 Å². The highest BCUT2D eigenvalue weighted by Gasteiger charge is 2.48. The van der Waals surface area contributed by atoms with Gasteiger partial charge in [-0.25, -0.2) is 0 Å². The van der Waals surface area contributed by atoms with E-state index in [4.69, 9.17) is 14.2 Å². The molecule has 0 amide bonds. The molecule has 2 rings (SSSR count). The standard InChI is InChI=1S/C12H18N2O11/c15-8-5-21-12-9(6-22-11(8)12)24-10(16)3-1-2-7(25-14(19)20)4-23-13(17)18/h7-9,11-12,15H,1-6H2/t7?,8-,9-,11+,12+/m0/s1. The van der Waals surface area contributed by atoms with Crippen molar-refractivity contribution < 1.29 is 44.0 Å². The van der Waals surface area contributed by atoms with Gasteiger partial charge in [0, 0.05) is 6.42 Å². The van der Waals surface area contributed by atoms with Crippen molar-refractivity contribution in [3.05, 3.63) is 20.2 Å². The molecule has 2 aliphatic rings. The van der Waals surface area contributed by atoms with E-state index in [0.717, 1.165) is 0 Å². The van der Waals surface area contributed by atoms with Crippen molar-refractivity contribution in [1.82, 2.24) is 0 Å². The lowest BCUT2D eigenvalue weighted by Gasteiger charge is -2.17. The molecule has 0 bridgehead atoms. The number of fused-ring (bicyclic) bond motifs is 1. The molecule has 1 N–H and O–H groups in total. The van der Waals surface area contributed by atoms with Gasteiger partial charge in [-0.2, -0.15) is 0 Å². The predicted molar refractivity (Wildman–Crippen MR) is 74.0 cm³/mol. The minimum atomic E-state index is -1.17. The van der Waals surface area contributed by atoms with Crippen molar-refractivity contribution >= 4 is 5.97 Å². The van der Waals surface area contributed by atoms with Crippen LogP contribution in [-0.2, 0) is 28.7 Å². The van der Waals surface area contributed by atoms with Gasteiger partial charge < -0.3 is 29.0 Å². The first-order valence-electron chi connectivity index (χ1n) is 7.56. The molecule has 1 unspecified atom stereocenters. The van der Waals surface area contributed by atoms with Gasteiger partial charge in [0.1, 0.15) is 31.0 Å². The molecule has 0 aromatic heterocycles. The molecule has 142 valence electrons. The maximum absolute atomic E-state index is 11.8. The number of ether oxygens (including phenoxy) is 3. The Morgan fingerprint density at radius 2 is 1.92 bits per heavy atom. The van der Waals surface area contributed by atoms with Gasteiger partial charge in [0.15, 0.2) is 6.10 Å². The Bertz CT molecular complexity index is 501. The SMILES string of the molecule is O=C(CCCC(CO[N+](=O)[O-])O[N+](=O)[O-])O[C@H]1CO[C@H]2[C@@H]1OC[C@@H]2O. The summed E-state index contributed by atoms with van der Waals surface area (Å²) in [5, 5.41) is 27.9. The van der Waals surface area contributed by atoms with E-state index < -0.39 is 53.3 Å². The van der Waals surface area contributed by atoms with Crippen molar-refractivity contribution in [1.29, 1.82) is 0 Å². The molecule has 5 atom stereocenters. The molecule has 2 fully saturated rings. The molecule has 2 aliphatic heterocycles. The monoisotopic (exact) mass is 366 g/mol. The zero-order chi connectivity index (χ0) is 18.4. The fourth-order valence-corrected chi connectivity index (χ4v) is 2.68. The van der Waals surface area contributed by atoms with Crippen LogP contribution in [0.5, 0.6) is 0 Å². The summed E-state index contributed by atoms with van der Waals surface area (Å²) in [4.78, 5) is 40.6. The smallest absolute Gasteiger partial charge is 0.306 e. The third-order valence-corrected chi connectivity index (χ3v) is 3.77. The number of aliphatic hydroxyl groups is 1. The second-order valence-corrected chi connectivity index (χ2v) is 5.55. The molecular weight excluding hydrogens is 348 g/mol. The summed E-state index contributed by atoms with van der Waals surface area (Å²) >= 11 is 0. The number of carbonyl (C=O) groups excluding carboxylic acids is 1. The van der Waals surface area contributed by atoms with Gasteiger partial charge in [-0.15, -0.1) is 20.2 Å². The van der Waals surface area contributed by atoms with Gasteiger partial charge in [0.2, 0.25) is 0 Å². The van der Waals surface area contributed by atoms with Crippen molar-refractivity contribution in [2.24, 2.45) is 0 Å². The first-order chi connectivity index (χ1) is 11.9. The maximum Gasteiger partial charge on any atom is 0.306 e. The molecule has 0 aromatic rings. The molecular formula is C12H18N2O11. The Morgan fingerprint density at radius 3 is 2.60 bits per heavy atom. The van der Waals surface area contributed by atoms with Gasteiger partial charge in [-0.3, -0.25) is 4.79 Å². The lowest BCUT2D eigenvalue weighted by Crippen LogP contribution is -2.34. The quantitative estimate of drug-likeness (QED) is 0.286. The average Bonchev–Trinajstić information content (AvgIpc) is 3.08. The van der Waals surface area contributed by atoms with Gasteiger partial charge in [0.05, 0.1) is 13.2 Å². The van der Waals surface area contributed by atoms with Crippen molar-refractivity contribution in [3.63, 3.8) is 0 Å². The number of aliphatic hydroxyl groups excluding tert-OH is 1. The van der Waals surface area contributed by atoms with E-state index in [9.17, 15) is 30.1 Å². The minimum absolute atomic E-state index is 0.00759. The Morgan fingerprint density at radius 1 is 1.20 bits per heavy atom. The number of hydrogen-bond donors (Lipinski definition) is 1. The largest absolute Gasteiger partial charge is 0.457 e. The maximum atomic E-state index is 11.8. The number of esters is 1. The fraction of sp³-hybridized carbons (Fsp3) is 0.917. The highest BCUT2D eigenvalue weighted by molar-refractivity contribution is 5.69. The van der Waals surface area contributed by atoms with Crippen LogP contribution in [-0.4, -0.2) is 71.6 Å². The van der Waals surface area contributed by atoms with Crippen LogP contribution in [0.4, 0.5) is 0 Å². The molecule has 0 radical (unpaired) electrons. The van der Waals surface area contributed by atoms with E-state index in [0.29, 0.717) is 0 Å². The lowest BCUT2D eigenvalue weighted by atomic mass is 10.1. The normalized spacial score (nSPS) is 28.8. The number of hydrogen-bond acceptors (Lipinski definition) is 11. The van der Waals surface area contributed by atoms with Crippen molar-refractivity contribution in [2.45, 2.75) is 49.8 Å². The first-order valence-corrected chi connectivity index (χ1v) is 7.56. The van der Waals surface area contributed by atoms with E-state index in [-0.39, 0.29) is 32.5 Å². The second kappa shape index (κ2) is 8.73. The molecule has 2 saturated heterocycles. The summed E-state index contributed by atoms with van der Waals surface area (Å²) in [6.45, 7) is -0.392. The number of carbonyl (C=O) groups is 1. The van der Waals surface area contributed by atoms with Crippen LogP contribution in [0.25, 0.3) is 0 Å². The Balaban J connectivity index is 1.69. The topological polar surface area (TPSA) is 170 Å². The summed E-state index contributed by atoms with van der Waals surface area (Å²) in [6, 6.07) is 0. The average molecular weight is 366 g/mol. The summed E-state index contributed by atoms with van der Waals surface area (Å²) in [7, 11) is 0. The molecule has 13 nitrogen and oxygen atoms in total. The Hall–Kier alpha value is -2.25. The third kappa shape index (κ3) is 5.65. The van der Waals surface area contributed by atoms with Gasteiger partial charge >= 0.3 is 5.97 Å². The van der Waals surface area contributed by atoms with Crippen LogP contribution in [0.1, 0.15) is 19.3 Å². The zero-order valence-corrected chi connectivity index (χ0v) is 13.1. The Kier molecular flexibility index (Phi) is 6.66. The summed E-state index contributed by atoms with van der Waals surface area (Å²) in [6.07, 6.45) is -3.52. The fourth-order valence-electron chi connectivity index (χ4n) is 2.68. The minimum Gasteiger partial charge on any atom is -0.457 e. The van der Waals surface area contributed by atoms with Crippen LogP contribution in [0, 0.1) is 20.2 Å². The van der Waals surface area contributed by atoms with Gasteiger partial charge in [-0.1, -0.05) is 0 Å².